The van der Waals surface area contributed by atoms with E-state index >= 15 is 0 Å². The fourth-order valence-electron chi connectivity index (χ4n) is 2.66. The molecular weight excluding hydrogens is 346 g/mol. The molecule has 1 fully saturated rings. The van der Waals surface area contributed by atoms with Gasteiger partial charge in [-0.25, -0.2) is 8.42 Å². The normalized spacial score (nSPS) is 18.1. The number of benzene rings is 1. The molecule has 2 aromatic rings. The van der Waals surface area contributed by atoms with Crippen molar-refractivity contribution in [2.75, 3.05) is 27.3 Å². The van der Waals surface area contributed by atoms with Gasteiger partial charge in [0.2, 0.25) is 15.9 Å². The molecule has 0 N–H and O–H groups in total. The van der Waals surface area contributed by atoms with Gasteiger partial charge in [0.15, 0.2) is 0 Å². The van der Waals surface area contributed by atoms with E-state index in [0.29, 0.717) is 24.6 Å². The van der Waals surface area contributed by atoms with Crippen molar-refractivity contribution >= 4 is 10.0 Å². The highest BCUT2D eigenvalue weighted by Gasteiger charge is 2.35. The quantitative estimate of drug-likeness (QED) is 0.763. The van der Waals surface area contributed by atoms with Crippen molar-refractivity contribution in [3.8, 4) is 17.4 Å². The van der Waals surface area contributed by atoms with Gasteiger partial charge >= 0.3 is 0 Å². The largest absolute Gasteiger partial charge is 0.497 e. The molecule has 1 saturated heterocycles. The van der Waals surface area contributed by atoms with Gasteiger partial charge in [0, 0.05) is 24.9 Å². The first kappa shape index (κ1) is 17.4. The first-order valence-corrected chi connectivity index (χ1v) is 9.15. The minimum absolute atomic E-state index is 0.0782. The van der Waals surface area contributed by atoms with E-state index in [0.717, 1.165) is 0 Å². The second-order valence-corrected chi connectivity index (χ2v) is 7.38. The topological polar surface area (TPSA) is 90.9 Å². The van der Waals surface area contributed by atoms with E-state index in [2.05, 4.69) is 10.2 Å². The number of methoxy groups -OCH3 is 2. The zero-order valence-corrected chi connectivity index (χ0v) is 14.8. The highest BCUT2D eigenvalue weighted by molar-refractivity contribution is 7.89. The van der Waals surface area contributed by atoms with Crippen LogP contribution in [0.2, 0.25) is 0 Å². The Balaban J connectivity index is 1.80. The van der Waals surface area contributed by atoms with E-state index in [4.69, 9.17) is 14.2 Å². The number of ether oxygens (including phenoxy) is 3. The molecule has 1 aromatic carbocycles. The molecule has 0 radical (unpaired) electrons. The van der Waals surface area contributed by atoms with Crippen LogP contribution in [0.5, 0.6) is 17.4 Å². The van der Waals surface area contributed by atoms with E-state index in [1.807, 2.05) is 0 Å². The lowest BCUT2D eigenvalue weighted by Crippen LogP contribution is -2.31. The monoisotopic (exact) mass is 365 g/mol. The molecule has 25 heavy (non-hydrogen) atoms. The van der Waals surface area contributed by atoms with E-state index in [1.54, 1.807) is 30.5 Å². The van der Waals surface area contributed by atoms with E-state index in [-0.39, 0.29) is 23.3 Å². The molecule has 1 unspecified atom stereocenters. The van der Waals surface area contributed by atoms with Crippen molar-refractivity contribution < 1.29 is 22.6 Å². The molecule has 1 aliphatic heterocycles. The van der Waals surface area contributed by atoms with Crippen LogP contribution >= 0.6 is 0 Å². The predicted octanol–water partition coefficient (Wildman–Crippen LogP) is 1.34. The summed E-state index contributed by atoms with van der Waals surface area (Å²) in [5, 5.41) is 7.61. The SMILES string of the molecule is COc1ccc(OC)c(S(=O)(=O)N2CCC(Oc3cccnn3)C2)c1. The van der Waals surface area contributed by atoms with Crippen molar-refractivity contribution in [1.29, 1.82) is 0 Å². The molecular formula is C16H19N3O5S. The highest BCUT2D eigenvalue weighted by Crippen LogP contribution is 2.32. The lowest BCUT2D eigenvalue weighted by Gasteiger charge is -2.19. The third-order valence-corrected chi connectivity index (χ3v) is 5.82. The Hall–Kier alpha value is -2.39. The Morgan fingerprint density at radius 3 is 2.72 bits per heavy atom. The van der Waals surface area contributed by atoms with Crippen molar-refractivity contribution in [2.24, 2.45) is 0 Å². The van der Waals surface area contributed by atoms with Crippen LogP contribution in [-0.4, -0.2) is 56.3 Å². The molecule has 0 spiro atoms. The fourth-order valence-corrected chi connectivity index (χ4v) is 4.32. The number of sulfonamides is 1. The first-order chi connectivity index (χ1) is 12.0. The Morgan fingerprint density at radius 2 is 2.04 bits per heavy atom. The molecule has 1 atom stereocenters. The number of hydrogen-bond acceptors (Lipinski definition) is 7. The van der Waals surface area contributed by atoms with E-state index in [9.17, 15) is 8.42 Å². The van der Waals surface area contributed by atoms with Crippen molar-refractivity contribution in [3.05, 3.63) is 36.5 Å². The summed E-state index contributed by atoms with van der Waals surface area (Å²) in [6.07, 6.45) is 1.85. The Labute approximate surface area is 146 Å². The molecule has 0 bridgehead atoms. The van der Waals surface area contributed by atoms with Crippen LogP contribution in [-0.2, 0) is 10.0 Å². The van der Waals surface area contributed by atoms with Gasteiger partial charge in [0.1, 0.15) is 22.5 Å². The summed E-state index contributed by atoms with van der Waals surface area (Å²) in [6.45, 7) is 0.590. The van der Waals surface area contributed by atoms with Gasteiger partial charge in [-0.1, -0.05) is 0 Å². The van der Waals surface area contributed by atoms with Crippen LogP contribution in [0.15, 0.2) is 41.4 Å². The molecule has 8 nitrogen and oxygen atoms in total. The summed E-state index contributed by atoms with van der Waals surface area (Å²) in [6, 6.07) is 8.10. The maximum Gasteiger partial charge on any atom is 0.247 e. The number of hydrogen-bond donors (Lipinski definition) is 0. The molecule has 9 heteroatoms. The van der Waals surface area contributed by atoms with E-state index in [1.165, 1.54) is 24.6 Å². The average Bonchev–Trinajstić information content (AvgIpc) is 3.11. The summed E-state index contributed by atoms with van der Waals surface area (Å²) in [5.74, 6) is 1.11. The van der Waals surface area contributed by atoms with E-state index < -0.39 is 10.0 Å². The fraction of sp³-hybridized carbons (Fsp3) is 0.375. The van der Waals surface area contributed by atoms with Gasteiger partial charge in [-0.3, -0.25) is 0 Å². The maximum absolute atomic E-state index is 13.0. The number of nitrogens with zero attached hydrogens (tertiary/aromatic N) is 3. The third-order valence-electron chi connectivity index (χ3n) is 3.93. The van der Waals surface area contributed by atoms with Crippen LogP contribution in [0, 0.1) is 0 Å². The third kappa shape index (κ3) is 3.67. The van der Waals surface area contributed by atoms with Gasteiger partial charge < -0.3 is 14.2 Å². The summed E-state index contributed by atoms with van der Waals surface area (Å²) in [7, 11) is -0.807. The van der Waals surface area contributed by atoms with Crippen molar-refractivity contribution in [1.82, 2.24) is 14.5 Å². The van der Waals surface area contributed by atoms with Gasteiger partial charge in [0.05, 0.1) is 20.8 Å². The van der Waals surface area contributed by atoms with Crippen LogP contribution in [0.25, 0.3) is 0 Å². The van der Waals surface area contributed by atoms with Crippen molar-refractivity contribution in [2.45, 2.75) is 17.4 Å². The molecule has 0 amide bonds. The maximum atomic E-state index is 13.0. The molecule has 134 valence electrons. The number of aromatic nitrogens is 2. The summed E-state index contributed by atoms with van der Waals surface area (Å²) in [5.41, 5.74) is 0. The second kappa shape index (κ2) is 7.24. The lowest BCUT2D eigenvalue weighted by atomic mass is 10.3. The minimum atomic E-state index is -3.73. The Morgan fingerprint density at radius 1 is 1.20 bits per heavy atom. The highest BCUT2D eigenvalue weighted by atomic mass is 32.2. The molecule has 0 aliphatic carbocycles. The van der Waals surface area contributed by atoms with Gasteiger partial charge in [-0.2, -0.15) is 9.40 Å². The molecule has 1 aliphatic rings. The van der Waals surface area contributed by atoms with Crippen molar-refractivity contribution in [3.63, 3.8) is 0 Å². The molecule has 2 heterocycles. The minimum Gasteiger partial charge on any atom is -0.497 e. The lowest BCUT2D eigenvalue weighted by molar-refractivity contribution is 0.204. The van der Waals surface area contributed by atoms with Gasteiger partial charge in [0.25, 0.3) is 0 Å². The molecule has 0 saturated carbocycles. The molecule has 1 aromatic heterocycles. The summed E-state index contributed by atoms with van der Waals surface area (Å²) >= 11 is 0. The zero-order chi connectivity index (χ0) is 17.9. The standard InChI is InChI=1S/C16H19N3O5S/c1-22-12-5-6-14(23-2)15(10-12)25(20,21)19-9-7-13(11-19)24-16-4-3-8-17-18-16/h3-6,8,10,13H,7,9,11H2,1-2H3. The zero-order valence-electron chi connectivity index (χ0n) is 14.0. The smallest absolute Gasteiger partial charge is 0.247 e. The Bertz CT molecular complexity index is 829. The van der Waals surface area contributed by atoms with Crippen LogP contribution in [0.1, 0.15) is 6.42 Å². The predicted molar refractivity (Wildman–Crippen MR) is 89.4 cm³/mol. The second-order valence-electron chi connectivity index (χ2n) is 5.47. The summed E-state index contributed by atoms with van der Waals surface area (Å²) in [4.78, 5) is 0.0782. The summed E-state index contributed by atoms with van der Waals surface area (Å²) < 4.78 is 43.4. The van der Waals surface area contributed by atoms with Crippen LogP contribution in [0.4, 0.5) is 0 Å². The average molecular weight is 365 g/mol. The Kier molecular flexibility index (Phi) is 5.05. The van der Waals surface area contributed by atoms with Crippen LogP contribution < -0.4 is 14.2 Å². The number of rotatable bonds is 6. The molecule has 3 rings (SSSR count). The van der Waals surface area contributed by atoms with Crippen LogP contribution in [0.3, 0.4) is 0 Å². The first-order valence-electron chi connectivity index (χ1n) is 7.71. The van der Waals surface area contributed by atoms with Gasteiger partial charge in [-0.15, -0.1) is 5.10 Å². The van der Waals surface area contributed by atoms with Gasteiger partial charge in [-0.05, 0) is 24.6 Å².